The van der Waals surface area contributed by atoms with E-state index in [-0.39, 0.29) is 13.2 Å². The molecule has 0 saturated heterocycles. The summed E-state index contributed by atoms with van der Waals surface area (Å²) in [5.74, 6) is 0. The quantitative estimate of drug-likeness (QED) is 0.645. The lowest BCUT2D eigenvalue weighted by atomic mass is 10.1. The van der Waals surface area contributed by atoms with E-state index in [2.05, 4.69) is 0 Å². The molecule has 0 amide bonds. The topological polar surface area (TPSA) is 87.6 Å². The van der Waals surface area contributed by atoms with Gasteiger partial charge < -0.3 is 11.5 Å². The largest absolute Gasteiger partial charge is 0.698 e. The highest BCUT2D eigenvalue weighted by Gasteiger charge is 2.20. The van der Waals surface area contributed by atoms with Gasteiger partial charge in [-0.2, -0.15) is 0 Å². The molecule has 0 spiro atoms. The highest BCUT2D eigenvalue weighted by Crippen LogP contribution is 2.27. The summed E-state index contributed by atoms with van der Waals surface area (Å²) in [6.07, 6.45) is 1.63. The summed E-state index contributed by atoms with van der Waals surface area (Å²) in [7, 11) is -2.16. The summed E-state index contributed by atoms with van der Waals surface area (Å²) in [5.41, 5.74) is 15.3. The molecule has 0 atom stereocenters. The normalized spacial score (nSPS) is 10.8. The predicted molar refractivity (Wildman–Crippen MR) is 95.6 cm³/mol. The Bertz CT molecular complexity index is 609. The first-order valence-corrected chi connectivity index (χ1v) is 9.09. The molecule has 0 aliphatic rings. The molecule has 0 bridgehead atoms. The molecule has 0 radical (unpaired) electrons. The molecule has 0 aliphatic carbocycles. The fraction of sp³-hybridized carbons (Fsp3) is 0.333. The molecular weight excluding hydrogens is 323 g/mol. The van der Waals surface area contributed by atoms with Crippen molar-refractivity contribution in [2.45, 2.75) is 26.1 Å². The summed E-state index contributed by atoms with van der Waals surface area (Å²) in [6.45, 7) is 1.71. The Labute approximate surface area is 143 Å². The average molecular weight is 347 g/mol. The highest BCUT2D eigenvalue weighted by atomic mass is 31.1. The third kappa shape index (κ3) is 6.48. The molecule has 0 aliphatic heterocycles. The number of rotatable bonds is 10. The second-order valence-electron chi connectivity index (χ2n) is 5.49. The Balaban J connectivity index is 1.79. The Morgan fingerprint density at radius 1 is 0.750 bits per heavy atom. The van der Waals surface area contributed by atoms with Crippen LogP contribution in [0.3, 0.4) is 0 Å². The minimum Gasteiger partial charge on any atom is -0.330 e. The molecule has 6 heteroatoms. The van der Waals surface area contributed by atoms with Crippen LogP contribution in [0.15, 0.2) is 48.5 Å². The summed E-state index contributed by atoms with van der Waals surface area (Å²) >= 11 is 0. The molecule has 4 N–H and O–H groups in total. The average Bonchev–Trinajstić information content (AvgIpc) is 2.59. The van der Waals surface area contributed by atoms with Crippen LogP contribution in [0, 0.1) is 0 Å². The highest BCUT2D eigenvalue weighted by molar-refractivity contribution is 7.33. The minimum absolute atomic E-state index is 0.251. The van der Waals surface area contributed by atoms with Gasteiger partial charge in [0, 0.05) is 4.57 Å². The maximum atomic E-state index is 11.9. The van der Waals surface area contributed by atoms with Crippen molar-refractivity contribution in [2.75, 3.05) is 13.1 Å². The van der Waals surface area contributed by atoms with Gasteiger partial charge in [-0.3, -0.25) is 0 Å². The van der Waals surface area contributed by atoms with Crippen LogP contribution >= 0.6 is 8.25 Å². The van der Waals surface area contributed by atoms with E-state index < -0.39 is 8.25 Å². The first-order valence-electron chi connectivity index (χ1n) is 8.00. The maximum Gasteiger partial charge on any atom is 0.698 e. The van der Waals surface area contributed by atoms with Crippen LogP contribution in [-0.2, 0) is 39.7 Å². The van der Waals surface area contributed by atoms with Gasteiger partial charge in [0.1, 0.15) is 13.2 Å². The van der Waals surface area contributed by atoms with Gasteiger partial charge in [-0.15, -0.1) is 9.05 Å². The zero-order valence-electron chi connectivity index (χ0n) is 13.7. The van der Waals surface area contributed by atoms with E-state index in [1.54, 1.807) is 0 Å². The smallest absolute Gasteiger partial charge is 0.330 e. The number of hydrogen-bond acceptors (Lipinski definition) is 5. The van der Waals surface area contributed by atoms with Gasteiger partial charge in [-0.05, 0) is 48.2 Å². The molecule has 2 aromatic carbocycles. The fourth-order valence-corrected chi connectivity index (χ4v) is 2.96. The van der Waals surface area contributed by atoms with Gasteiger partial charge in [-0.1, -0.05) is 48.5 Å². The minimum atomic E-state index is -2.16. The Morgan fingerprint density at radius 2 is 1.17 bits per heavy atom. The van der Waals surface area contributed by atoms with E-state index >= 15 is 0 Å². The molecule has 5 nitrogen and oxygen atoms in total. The van der Waals surface area contributed by atoms with Crippen molar-refractivity contribution in [3.8, 4) is 0 Å². The number of hydrogen-bond donors (Lipinski definition) is 2. The fourth-order valence-electron chi connectivity index (χ4n) is 2.37. The van der Waals surface area contributed by atoms with Gasteiger partial charge in [0.05, 0.1) is 0 Å². The lowest BCUT2D eigenvalue weighted by Crippen LogP contribution is -2.03. The maximum absolute atomic E-state index is 11.9. The number of nitrogens with two attached hydrogens (primary N) is 2. The second-order valence-corrected chi connectivity index (χ2v) is 6.45. The van der Waals surface area contributed by atoms with E-state index in [0.717, 1.165) is 35.1 Å². The summed E-state index contributed by atoms with van der Waals surface area (Å²) in [6, 6.07) is 15.8. The molecule has 0 unspecified atom stereocenters. The second kappa shape index (κ2) is 10.3. The van der Waals surface area contributed by atoms with Crippen molar-refractivity contribution in [1.82, 2.24) is 0 Å². The van der Waals surface area contributed by atoms with Crippen molar-refractivity contribution in [1.29, 1.82) is 0 Å². The lowest BCUT2D eigenvalue weighted by Gasteiger charge is -2.02. The van der Waals surface area contributed by atoms with Gasteiger partial charge in [0.25, 0.3) is 0 Å². The predicted octanol–water partition coefficient (Wildman–Crippen LogP) is 3.08. The molecule has 2 aromatic rings. The van der Waals surface area contributed by atoms with E-state index in [4.69, 9.17) is 20.5 Å². The summed E-state index contributed by atoms with van der Waals surface area (Å²) in [5, 5.41) is 0. The van der Waals surface area contributed by atoms with Gasteiger partial charge in [0.15, 0.2) is 0 Å². The summed E-state index contributed by atoms with van der Waals surface area (Å²) < 4.78 is 22.5. The first kappa shape index (κ1) is 18.7. The van der Waals surface area contributed by atoms with Crippen LogP contribution in [0.25, 0.3) is 0 Å². The van der Waals surface area contributed by atoms with Crippen molar-refractivity contribution in [2.24, 2.45) is 11.5 Å². The van der Waals surface area contributed by atoms with E-state index in [9.17, 15) is 4.57 Å². The van der Waals surface area contributed by atoms with Crippen LogP contribution in [-0.4, -0.2) is 13.1 Å². The van der Waals surface area contributed by atoms with Crippen molar-refractivity contribution in [3.05, 3.63) is 70.8 Å². The Hall–Kier alpha value is -1.62. The van der Waals surface area contributed by atoms with E-state index in [1.807, 2.05) is 48.5 Å². The van der Waals surface area contributed by atoms with Gasteiger partial charge in [-0.25, -0.2) is 0 Å². The monoisotopic (exact) mass is 347 g/mol. The molecule has 0 saturated carbocycles. The molecule has 0 heterocycles. The van der Waals surface area contributed by atoms with E-state index in [1.165, 1.54) is 0 Å². The third-order valence-electron chi connectivity index (χ3n) is 3.52. The van der Waals surface area contributed by atoms with Gasteiger partial charge in [0.2, 0.25) is 0 Å². The van der Waals surface area contributed by atoms with Crippen molar-refractivity contribution >= 4 is 8.25 Å². The molecule has 0 aromatic heterocycles. The SMILES string of the molecule is NCCc1cccc(CO[P+](=O)OCc2cccc(CCN)c2)c1. The van der Waals surface area contributed by atoms with Crippen LogP contribution in [0.5, 0.6) is 0 Å². The van der Waals surface area contributed by atoms with Crippen LogP contribution < -0.4 is 11.5 Å². The molecule has 128 valence electrons. The standard InChI is InChI=1S/C18H24N2O3P/c19-9-7-15-3-1-5-17(11-15)13-22-24(21)23-14-18-6-2-4-16(12-18)8-10-20/h1-6,11-12H,7-10,13-14,19-20H2/q+1. The zero-order chi connectivity index (χ0) is 17.2. The van der Waals surface area contributed by atoms with Crippen LogP contribution in [0.4, 0.5) is 0 Å². The van der Waals surface area contributed by atoms with Crippen LogP contribution in [0.1, 0.15) is 22.3 Å². The van der Waals surface area contributed by atoms with Crippen LogP contribution in [0.2, 0.25) is 0 Å². The van der Waals surface area contributed by atoms with Crippen molar-refractivity contribution < 1.29 is 13.6 Å². The third-order valence-corrected chi connectivity index (χ3v) is 4.20. The Morgan fingerprint density at radius 3 is 1.58 bits per heavy atom. The molecule has 0 fully saturated rings. The van der Waals surface area contributed by atoms with Gasteiger partial charge >= 0.3 is 8.25 Å². The molecular formula is C18H24N2O3P+. The lowest BCUT2D eigenvalue weighted by molar-refractivity contribution is 0.213. The van der Waals surface area contributed by atoms with Crippen molar-refractivity contribution in [3.63, 3.8) is 0 Å². The van der Waals surface area contributed by atoms with E-state index in [0.29, 0.717) is 13.1 Å². The summed E-state index contributed by atoms with van der Waals surface area (Å²) in [4.78, 5) is 0. The zero-order valence-corrected chi connectivity index (χ0v) is 14.6. The molecule has 2 rings (SSSR count). The number of benzene rings is 2. The first-order chi connectivity index (χ1) is 11.7. The Kier molecular flexibility index (Phi) is 8.02. The molecule has 24 heavy (non-hydrogen) atoms.